The summed E-state index contributed by atoms with van der Waals surface area (Å²) in [5, 5.41) is 0. The van der Waals surface area contributed by atoms with Crippen LogP contribution in [0, 0.1) is 5.92 Å². The highest BCUT2D eigenvalue weighted by atomic mass is 28.4. The van der Waals surface area contributed by atoms with Gasteiger partial charge in [0.2, 0.25) is 0 Å². The van der Waals surface area contributed by atoms with E-state index in [2.05, 4.69) is 64.1 Å². The van der Waals surface area contributed by atoms with Gasteiger partial charge in [0.05, 0.1) is 12.2 Å². The van der Waals surface area contributed by atoms with Gasteiger partial charge in [-0.2, -0.15) is 0 Å². The summed E-state index contributed by atoms with van der Waals surface area (Å²) in [6.07, 6.45) is 4.34. The average molecular weight is 331 g/mol. The molecule has 1 fully saturated rings. The van der Waals surface area contributed by atoms with Crippen LogP contribution in [0.15, 0.2) is 36.4 Å². The van der Waals surface area contributed by atoms with E-state index < -0.39 is 8.32 Å². The predicted molar refractivity (Wildman–Crippen MR) is 98.9 cm³/mol. The van der Waals surface area contributed by atoms with E-state index in [4.69, 9.17) is 9.16 Å². The van der Waals surface area contributed by atoms with E-state index in [0.29, 0.717) is 18.1 Å². The van der Waals surface area contributed by atoms with Crippen molar-refractivity contribution >= 4 is 13.9 Å². The molecule has 1 aliphatic carbocycles. The fraction of sp³-hybridized carbons (Fsp3) is 0.600. The van der Waals surface area contributed by atoms with Crippen LogP contribution in [0.3, 0.4) is 0 Å². The zero-order valence-electron chi connectivity index (χ0n) is 14.9. The Balaban J connectivity index is 1.81. The summed E-state index contributed by atoms with van der Waals surface area (Å²) in [7, 11) is -1.57. The normalized spacial score (nSPS) is 30.3. The first-order valence-corrected chi connectivity index (χ1v) is 11.8. The van der Waals surface area contributed by atoms with E-state index in [-0.39, 0.29) is 6.10 Å². The van der Waals surface area contributed by atoms with E-state index in [0.717, 1.165) is 6.42 Å². The zero-order chi connectivity index (χ0) is 16.4. The first kappa shape index (κ1) is 16.9. The number of rotatable bonds is 6. The van der Waals surface area contributed by atoms with Gasteiger partial charge in [-0.1, -0.05) is 64.1 Å². The van der Waals surface area contributed by atoms with Gasteiger partial charge in [0.15, 0.2) is 8.32 Å². The SMILES string of the molecule is CC[Si](CC)(CC)O[C@H]1CC=C(c2ccccc2)[C@H]2O[C@H]2[C@@H]1C. The van der Waals surface area contributed by atoms with Gasteiger partial charge in [0.25, 0.3) is 0 Å². The molecule has 0 radical (unpaired) electrons. The van der Waals surface area contributed by atoms with Gasteiger partial charge < -0.3 is 9.16 Å². The molecule has 4 atom stereocenters. The highest BCUT2D eigenvalue weighted by molar-refractivity contribution is 6.73. The van der Waals surface area contributed by atoms with E-state index in [1.165, 1.54) is 29.3 Å². The summed E-state index contributed by atoms with van der Waals surface area (Å²) in [5.41, 5.74) is 2.67. The standard InChI is InChI=1S/C20H30O2Si/c1-5-23(6-2,7-3)22-18-14-13-17(16-11-9-8-10-12-16)20-19(21-20)15(18)4/h8-13,15,18-20H,5-7,14H2,1-4H3/t15-,18+,19+,20-/m1/s1. The molecule has 0 bridgehead atoms. The topological polar surface area (TPSA) is 21.8 Å². The van der Waals surface area contributed by atoms with Crippen molar-refractivity contribution < 1.29 is 9.16 Å². The van der Waals surface area contributed by atoms with Crippen LogP contribution in [0.2, 0.25) is 18.1 Å². The van der Waals surface area contributed by atoms with Gasteiger partial charge in [0.1, 0.15) is 6.10 Å². The highest BCUT2D eigenvalue weighted by Gasteiger charge is 2.50. The molecule has 0 N–H and O–H groups in total. The van der Waals surface area contributed by atoms with Crippen molar-refractivity contribution in [2.75, 3.05) is 0 Å². The van der Waals surface area contributed by atoms with E-state index >= 15 is 0 Å². The van der Waals surface area contributed by atoms with Crippen LogP contribution < -0.4 is 0 Å². The Labute approximate surface area is 142 Å². The van der Waals surface area contributed by atoms with Crippen molar-refractivity contribution in [2.24, 2.45) is 5.92 Å². The van der Waals surface area contributed by atoms with Gasteiger partial charge in [-0.3, -0.25) is 0 Å². The molecule has 0 aromatic heterocycles. The maximum Gasteiger partial charge on any atom is 0.192 e. The largest absolute Gasteiger partial charge is 0.413 e. The number of benzene rings is 1. The molecule has 2 aliphatic rings. The predicted octanol–water partition coefficient (Wildman–Crippen LogP) is 5.27. The monoisotopic (exact) mass is 330 g/mol. The Morgan fingerprint density at radius 2 is 1.74 bits per heavy atom. The van der Waals surface area contributed by atoms with Crippen LogP contribution >= 0.6 is 0 Å². The molecular weight excluding hydrogens is 300 g/mol. The minimum absolute atomic E-state index is 0.280. The van der Waals surface area contributed by atoms with Crippen LogP contribution in [0.5, 0.6) is 0 Å². The first-order chi connectivity index (χ1) is 11.1. The molecular formula is C20H30O2Si. The molecule has 0 spiro atoms. The average Bonchev–Trinajstić information content (AvgIpc) is 3.39. The fourth-order valence-electron chi connectivity index (χ4n) is 3.95. The van der Waals surface area contributed by atoms with Gasteiger partial charge in [-0.25, -0.2) is 0 Å². The molecule has 2 nitrogen and oxygen atoms in total. The molecule has 1 aromatic carbocycles. The quantitative estimate of drug-likeness (QED) is 0.523. The third-order valence-corrected chi connectivity index (χ3v) is 10.6. The second-order valence-electron chi connectivity index (χ2n) is 7.04. The summed E-state index contributed by atoms with van der Waals surface area (Å²) in [6, 6.07) is 14.3. The third kappa shape index (κ3) is 3.33. The molecule has 1 saturated heterocycles. The van der Waals surface area contributed by atoms with Crippen molar-refractivity contribution in [3.8, 4) is 0 Å². The Morgan fingerprint density at radius 3 is 2.35 bits per heavy atom. The number of hydrogen-bond donors (Lipinski definition) is 0. The van der Waals surface area contributed by atoms with Crippen molar-refractivity contribution in [3.63, 3.8) is 0 Å². The third-order valence-electron chi connectivity index (χ3n) is 5.95. The number of ether oxygens (including phenoxy) is 1. The Kier molecular flexibility index (Phi) is 5.09. The maximum atomic E-state index is 6.81. The summed E-state index contributed by atoms with van der Waals surface area (Å²) >= 11 is 0. The molecule has 0 unspecified atom stereocenters. The molecule has 23 heavy (non-hydrogen) atoms. The Bertz CT molecular complexity index is 542. The van der Waals surface area contributed by atoms with Crippen molar-refractivity contribution in [1.29, 1.82) is 0 Å². The van der Waals surface area contributed by atoms with Crippen LogP contribution in [-0.2, 0) is 9.16 Å². The van der Waals surface area contributed by atoms with Crippen LogP contribution in [0.4, 0.5) is 0 Å². The number of fused-ring (bicyclic) bond motifs is 1. The minimum atomic E-state index is -1.57. The van der Waals surface area contributed by atoms with Gasteiger partial charge in [0, 0.05) is 5.92 Å². The molecule has 1 aliphatic heterocycles. The zero-order valence-corrected chi connectivity index (χ0v) is 15.9. The summed E-state index contributed by atoms with van der Waals surface area (Å²) in [4.78, 5) is 0. The van der Waals surface area contributed by atoms with E-state index in [1.807, 2.05) is 0 Å². The molecule has 126 valence electrons. The minimum Gasteiger partial charge on any atom is -0.413 e. The molecule has 1 heterocycles. The Hall–Kier alpha value is -0.903. The second-order valence-corrected chi connectivity index (χ2v) is 11.8. The second kappa shape index (κ2) is 6.92. The van der Waals surface area contributed by atoms with Gasteiger partial charge in [-0.05, 0) is 35.7 Å². The molecule has 3 heteroatoms. The summed E-state index contributed by atoms with van der Waals surface area (Å²) in [6.45, 7) is 9.24. The van der Waals surface area contributed by atoms with Crippen molar-refractivity contribution in [2.45, 2.75) is 70.6 Å². The van der Waals surface area contributed by atoms with Crippen LogP contribution in [0.25, 0.3) is 5.57 Å². The lowest BCUT2D eigenvalue weighted by molar-refractivity contribution is 0.113. The number of epoxide rings is 1. The van der Waals surface area contributed by atoms with Crippen molar-refractivity contribution in [3.05, 3.63) is 42.0 Å². The summed E-state index contributed by atoms with van der Waals surface area (Å²) in [5.74, 6) is 0.481. The lowest BCUT2D eigenvalue weighted by Crippen LogP contribution is -2.42. The smallest absolute Gasteiger partial charge is 0.192 e. The van der Waals surface area contributed by atoms with Crippen LogP contribution in [-0.4, -0.2) is 26.6 Å². The van der Waals surface area contributed by atoms with Crippen molar-refractivity contribution in [1.82, 2.24) is 0 Å². The highest BCUT2D eigenvalue weighted by Crippen LogP contribution is 2.45. The van der Waals surface area contributed by atoms with E-state index in [9.17, 15) is 0 Å². The molecule has 1 aromatic rings. The summed E-state index contributed by atoms with van der Waals surface area (Å²) < 4.78 is 12.9. The van der Waals surface area contributed by atoms with Gasteiger partial charge >= 0.3 is 0 Å². The molecule has 0 saturated carbocycles. The maximum absolute atomic E-state index is 6.81. The molecule has 3 rings (SSSR count). The lowest BCUT2D eigenvalue weighted by atomic mass is 9.97. The first-order valence-electron chi connectivity index (χ1n) is 9.23. The lowest BCUT2D eigenvalue weighted by Gasteiger charge is -2.35. The molecule has 0 amide bonds. The van der Waals surface area contributed by atoms with Gasteiger partial charge in [-0.15, -0.1) is 0 Å². The van der Waals surface area contributed by atoms with E-state index in [1.54, 1.807) is 0 Å². The number of hydrogen-bond acceptors (Lipinski definition) is 2. The fourth-order valence-corrected chi connectivity index (χ4v) is 6.90. The van der Waals surface area contributed by atoms with Crippen LogP contribution in [0.1, 0.15) is 39.7 Å². The Morgan fingerprint density at radius 1 is 1.09 bits per heavy atom.